The third-order valence-electron chi connectivity index (χ3n) is 3.27. The number of aliphatic hydroxyl groups is 2. The van der Waals surface area contributed by atoms with E-state index in [1.165, 1.54) is 5.56 Å². The first-order valence-electron chi connectivity index (χ1n) is 6.36. The minimum Gasteiger partial charge on any atom is -0.396 e. The van der Waals surface area contributed by atoms with Crippen molar-refractivity contribution < 1.29 is 19.7 Å². The van der Waals surface area contributed by atoms with Gasteiger partial charge in [-0.25, -0.2) is 0 Å². The maximum Gasteiger partial charge on any atom is 0.158 e. The smallest absolute Gasteiger partial charge is 0.158 e. The van der Waals surface area contributed by atoms with Crippen molar-refractivity contribution in [3.8, 4) is 0 Å². The largest absolute Gasteiger partial charge is 0.396 e. The number of hydrogen-bond donors (Lipinski definition) is 2. The van der Waals surface area contributed by atoms with Crippen LogP contribution >= 0.6 is 0 Å². The van der Waals surface area contributed by atoms with Gasteiger partial charge in [-0.05, 0) is 12.0 Å². The van der Waals surface area contributed by atoms with Crippen LogP contribution in [0, 0.1) is 5.92 Å². The molecule has 0 bridgehead atoms. The molecule has 1 aromatic rings. The van der Waals surface area contributed by atoms with E-state index in [9.17, 15) is 5.11 Å². The minimum atomic E-state index is -0.315. The quantitative estimate of drug-likeness (QED) is 0.819. The molecule has 0 amide bonds. The van der Waals surface area contributed by atoms with Gasteiger partial charge in [-0.3, -0.25) is 0 Å². The number of ether oxygens (including phenoxy) is 2. The van der Waals surface area contributed by atoms with Crippen LogP contribution in [0.2, 0.25) is 0 Å². The maximum absolute atomic E-state index is 9.20. The van der Waals surface area contributed by atoms with E-state index in [1.54, 1.807) is 0 Å². The Hall–Kier alpha value is -0.940. The van der Waals surface area contributed by atoms with Crippen molar-refractivity contribution in [2.24, 2.45) is 5.92 Å². The van der Waals surface area contributed by atoms with Gasteiger partial charge in [0.1, 0.15) is 0 Å². The van der Waals surface area contributed by atoms with Gasteiger partial charge in [-0.2, -0.15) is 0 Å². The zero-order chi connectivity index (χ0) is 12.8. The molecule has 4 nitrogen and oxygen atoms in total. The fourth-order valence-corrected chi connectivity index (χ4v) is 2.13. The molecule has 0 spiro atoms. The molecule has 2 rings (SSSR count). The minimum absolute atomic E-state index is 0.0172. The van der Waals surface area contributed by atoms with Crippen LogP contribution in [-0.4, -0.2) is 42.4 Å². The van der Waals surface area contributed by atoms with Gasteiger partial charge in [0.2, 0.25) is 0 Å². The number of aryl methyl sites for hydroxylation is 1. The van der Waals surface area contributed by atoms with E-state index >= 15 is 0 Å². The van der Waals surface area contributed by atoms with Crippen LogP contribution in [0.1, 0.15) is 12.0 Å². The predicted octanol–water partition coefficient (Wildman–Crippen LogP) is 0.962. The lowest BCUT2D eigenvalue weighted by Gasteiger charge is -2.34. The molecule has 0 saturated carbocycles. The summed E-state index contributed by atoms with van der Waals surface area (Å²) in [6.45, 7) is 0.355. The molecular formula is C14H20O4. The Bertz CT molecular complexity index is 341. The topological polar surface area (TPSA) is 58.9 Å². The molecule has 1 saturated heterocycles. The highest BCUT2D eigenvalue weighted by Crippen LogP contribution is 2.21. The Morgan fingerprint density at radius 1 is 1.11 bits per heavy atom. The van der Waals surface area contributed by atoms with Gasteiger partial charge in [0.05, 0.1) is 25.9 Å². The highest BCUT2D eigenvalue weighted by atomic mass is 16.7. The van der Waals surface area contributed by atoms with E-state index in [4.69, 9.17) is 14.6 Å². The number of benzene rings is 1. The fourth-order valence-electron chi connectivity index (χ4n) is 2.13. The summed E-state index contributed by atoms with van der Waals surface area (Å²) in [5, 5.41) is 18.3. The second-order valence-corrected chi connectivity index (χ2v) is 4.59. The van der Waals surface area contributed by atoms with Gasteiger partial charge in [0, 0.05) is 12.3 Å². The zero-order valence-corrected chi connectivity index (χ0v) is 10.4. The first-order valence-corrected chi connectivity index (χ1v) is 6.36. The van der Waals surface area contributed by atoms with Gasteiger partial charge in [0.25, 0.3) is 0 Å². The van der Waals surface area contributed by atoms with Gasteiger partial charge in [-0.1, -0.05) is 30.3 Å². The number of aliphatic hydroxyl groups excluding tert-OH is 2. The molecule has 3 atom stereocenters. The van der Waals surface area contributed by atoms with Crippen molar-refractivity contribution >= 4 is 0 Å². The molecule has 100 valence electrons. The molecule has 3 unspecified atom stereocenters. The van der Waals surface area contributed by atoms with E-state index in [0.717, 1.165) is 12.8 Å². The van der Waals surface area contributed by atoms with Crippen LogP contribution < -0.4 is 0 Å². The highest BCUT2D eigenvalue weighted by Gasteiger charge is 2.30. The average Bonchev–Trinajstić information content (AvgIpc) is 2.45. The Morgan fingerprint density at radius 2 is 1.89 bits per heavy atom. The summed E-state index contributed by atoms with van der Waals surface area (Å²) < 4.78 is 11.2. The first kappa shape index (κ1) is 13.5. The summed E-state index contributed by atoms with van der Waals surface area (Å²) >= 11 is 0. The molecule has 4 heteroatoms. The summed E-state index contributed by atoms with van der Waals surface area (Å²) in [7, 11) is 0. The second-order valence-electron chi connectivity index (χ2n) is 4.59. The number of hydrogen-bond acceptors (Lipinski definition) is 4. The Morgan fingerprint density at radius 3 is 2.56 bits per heavy atom. The van der Waals surface area contributed by atoms with Gasteiger partial charge in [0.15, 0.2) is 6.29 Å². The Kier molecular flexibility index (Phi) is 5.13. The molecule has 0 radical (unpaired) electrons. The van der Waals surface area contributed by atoms with Crippen LogP contribution in [-0.2, 0) is 15.9 Å². The molecule has 1 aliphatic rings. The normalized spacial score (nSPS) is 28.2. The van der Waals surface area contributed by atoms with E-state index in [1.807, 2.05) is 18.2 Å². The van der Waals surface area contributed by atoms with Crippen molar-refractivity contribution in [2.75, 3.05) is 19.8 Å². The summed E-state index contributed by atoms with van der Waals surface area (Å²) in [6.07, 6.45) is 1.04. The molecule has 1 fully saturated rings. The maximum atomic E-state index is 9.20. The van der Waals surface area contributed by atoms with E-state index in [0.29, 0.717) is 6.61 Å². The van der Waals surface area contributed by atoms with Crippen LogP contribution in [0.4, 0.5) is 0 Å². The third-order valence-corrected chi connectivity index (χ3v) is 3.27. The molecule has 0 aliphatic carbocycles. The highest BCUT2D eigenvalue weighted by molar-refractivity contribution is 5.14. The molecule has 0 aromatic heterocycles. The SMILES string of the molecule is OCC1COC(CCc2ccccc2)OC1CO. The molecule has 18 heavy (non-hydrogen) atoms. The summed E-state index contributed by atoms with van der Waals surface area (Å²) in [6, 6.07) is 10.2. The fraction of sp³-hybridized carbons (Fsp3) is 0.571. The average molecular weight is 252 g/mol. The third kappa shape index (κ3) is 3.53. The molecule has 2 N–H and O–H groups in total. The van der Waals surface area contributed by atoms with Crippen molar-refractivity contribution in [1.29, 1.82) is 0 Å². The van der Waals surface area contributed by atoms with Crippen molar-refractivity contribution in [1.82, 2.24) is 0 Å². The molecule has 1 aromatic carbocycles. The summed E-state index contributed by atoms with van der Waals surface area (Å²) in [5.41, 5.74) is 1.24. The van der Waals surface area contributed by atoms with E-state index in [-0.39, 0.29) is 31.5 Å². The lowest BCUT2D eigenvalue weighted by atomic mass is 10.0. The lowest BCUT2D eigenvalue weighted by Crippen LogP contribution is -2.43. The van der Waals surface area contributed by atoms with E-state index < -0.39 is 0 Å². The monoisotopic (exact) mass is 252 g/mol. The summed E-state index contributed by atoms with van der Waals surface area (Å²) in [4.78, 5) is 0. The van der Waals surface area contributed by atoms with Crippen LogP contribution in [0.5, 0.6) is 0 Å². The van der Waals surface area contributed by atoms with Gasteiger partial charge in [-0.15, -0.1) is 0 Å². The van der Waals surface area contributed by atoms with Crippen molar-refractivity contribution in [2.45, 2.75) is 25.2 Å². The van der Waals surface area contributed by atoms with Crippen LogP contribution in [0.25, 0.3) is 0 Å². The van der Waals surface area contributed by atoms with E-state index in [2.05, 4.69) is 12.1 Å². The molecule has 1 aliphatic heterocycles. The standard InChI is InChI=1S/C14H20O4/c15-8-12-10-17-14(18-13(12)9-16)7-6-11-4-2-1-3-5-11/h1-5,12-16H,6-10H2. The Balaban J connectivity index is 1.81. The van der Waals surface area contributed by atoms with Crippen LogP contribution in [0.15, 0.2) is 30.3 Å². The predicted molar refractivity (Wildman–Crippen MR) is 67.0 cm³/mol. The van der Waals surface area contributed by atoms with Gasteiger partial charge >= 0.3 is 0 Å². The first-order chi connectivity index (χ1) is 8.83. The Labute approximate surface area is 107 Å². The van der Waals surface area contributed by atoms with Crippen molar-refractivity contribution in [3.05, 3.63) is 35.9 Å². The van der Waals surface area contributed by atoms with Crippen molar-refractivity contribution in [3.63, 3.8) is 0 Å². The molecule has 1 heterocycles. The summed E-state index contributed by atoms with van der Waals surface area (Å²) in [5.74, 6) is -0.122. The van der Waals surface area contributed by atoms with Gasteiger partial charge < -0.3 is 19.7 Å². The van der Waals surface area contributed by atoms with Crippen LogP contribution in [0.3, 0.4) is 0 Å². The number of rotatable bonds is 5. The lowest BCUT2D eigenvalue weighted by molar-refractivity contribution is -0.249. The molecular weight excluding hydrogens is 232 g/mol. The second kappa shape index (κ2) is 6.85. The zero-order valence-electron chi connectivity index (χ0n) is 10.4.